The molecule has 0 N–H and O–H groups in total. The Morgan fingerprint density at radius 3 is 2.43 bits per heavy atom. The fraction of sp³-hybridized carbons (Fsp3) is 0.118. The van der Waals surface area contributed by atoms with Gasteiger partial charge in [0.2, 0.25) is 0 Å². The lowest BCUT2D eigenvalue weighted by molar-refractivity contribution is 0.655. The second-order valence-corrected chi connectivity index (χ2v) is 4.91. The molecular formula is C17H14N4. The molecule has 0 amide bonds. The molecule has 0 saturated carbocycles. The molecule has 0 radical (unpaired) electrons. The number of benzene rings is 2. The van der Waals surface area contributed by atoms with Crippen molar-refractivity contribution in [2.45, 2.75) is 13.5 Å². The van der Waals surface area contributed by atoms with E-state index < -0.39 is 0 Å². The molecule has 1 heterocycles. The Labute approximate surface area is 123 Å². The average molecular weight is 274 g/mol. The summed E-state index contributed by atoms with van der Waals surface area (Å²) < 4.78 is 1.78. The molecule has 0 spiro atoms. The number of nitriles is 1. The highest BCUT2D eigenvalue weighted by atomic mass is 15.4. The highest BCUT2D eigenvalue weighted by molar-refractivity contribution is 5.64. The summed E-state index contributed by atoms with van der Waals surface area (Å²) in [6.07, 6.45) is 0. The minimum Gasteiger partial charge on any atom is -0.239 e. The normalized spacial score (nSPS) is 10.3. The molecule has 4 nitrogen and oxygen atoms in total. The summed E-state index contributed by atoms with van der Waals surface area (Å²) in [5.41, 5.74) is 4.42. The Balaban J connectivity index is 2.02. The first-order chi connectivity index (χ1) is 10.3. The fourth-order valence-electron chi connectivity index (χ4n) is 2.25. The van der Waals surface area contributed by atoms with Gasteiger partial charge in [-0.25, -0.2) is 4.68 Å². The summed E-state index contributed by atoms with van der Waals surface area (Å²) in [6, 6.07) is 20.2. The Morgan fingerprint density at radius 1 is 1.05 bits per heavy atom. The van der Waals surface area contributed by atoms with Gasteiger partial charge >= 0.3 is 0 Å². The van der Waals surface area contributed by atoms with Gasteiger partial charge in [-0.1, -0.05) is 65.4 Å². The lowest BCUT2D eigenvalue weighted by atomic mass is 10.1. The van der Waals surface area contributed by atoms with Gasteiger partial charge in [-0.2, -0.15) is 5.26 Å². The Morgan fingerprint density at radius 2 is 1.76 bits per heavy atom. The molecule has 0 aliphatic rings. The second kappa shape index (κ2) is 5.59. The Hall–Kier alpha value is -2.93. The zero-order chi connectivity index (χ0) is 14.7. The number of aromatic nitrogens is 3. The van der Waals surface area contributed by atoms with Crippen molar-refractivity contribution in [3.63, 3.8) is 0 Å². The number of hydrogen-bond acceptors (Lipinski definition) is 3. The molecule has 0 bridgehead atoms. The minimum absolute atomic E-state index is 0.355. The van der Waals surface area contributed by atoms with E-state index in [4.69, 9.17) is 0 Å². The molecular weight excluding hydrogens is 260 g/mol. The van der Waals surface area contributed by atoms with Gasteiger partial charge in [-0.05, 0) is 12.5 Å². The Kier molecular flexibility index (Phi) is 3.48. The van der Waals surface area contributed by atoms with Crippen molar-refractivity contribution in [1.29, 1.82) is 5.26 Å². The third kappa shape index (κ3) is 2.67. The van der Waals surface area contributed by atoms with Crippen molar-refractivity contribution in [2.24, 2.45) is 0 Å². The summed E-state index contributed by atoms with van der Waals surface area (Å²) in [4.78, 5) is 0. The van der Waals surface area contributed by atoms with E-state index in [-0.39, 0.29) is 0 Å². The van der Waals surface area contributed by atoms with Crippen molar-refractivity contribution in [3.8, 4) is 17.3 Å². The monoisotopic (exact) mass is 274 g/mol. The molecule has 102 valence electrons. The van der Waals surface area contributed by atoms with Crippen LogP contribution in [0.15, 0.2) is 54.6 Å². The molecule has 0 unspecified atom stereocenters. The van der Waals surface area contributed by atoms with Crippen LogP contribution < -0.4 is 0 Å². The van der Waals surface area contributed by atoms with E-state index in [2.05, 4.69) is 47.6 Å². The summed E-state index contributed by atoms with van der Waals surface area (Å²) in [5.74, 6) is 0. The van der Waals surface area contributed by atoms with Crippen molar-refractivity contribution < 1.29 is 0 Å². The molecule has 3 rings (SSSR count). The van der Waals surface area contributed by atoms with E-state index in [1.807, 2.05) is 30.3 Å². The van der Waals surface area contributed by atoms with Crippen molar-refractivity contribution in [1.82, 2.24) is 15.0 Å². The predicted octanol–water partition coefficient (Wildman–Crippen LogP) is 3.17. The van der Waals surface area contributed by atoms with Crippen molar-refractivity contribution in [2.75, 3.05) is 0 Å². The molecule has 0 saturated heterocycles. The van der Waals surface area contributed by atoms with E-state index in [0.717, 1.165) is 16.8 Å². The van der Waals surface area contributed by atoms with Gasteiger partial charge in [0.1, 0.15) is 11.8 Å². The van der Waals surface area contributed by atoms with Crippen LogP contribution in [-0.2, 0) is 6.54 Å². The highest BCUT2D eigenvalue weighted by Crippen LogP contribution is 2.22. The third-order valence-corrected chi connectivity index (χ3v) is 3.34. The molecule has 0 fully saturated rings. The summed E-state index contributed by atoms with van der Waals surface area (Å²) in [7, 11) is 0. The maximum atomic E-state index is 9.23. The smallest absolute Gasteiger partial charge is 0.190 e. The molecule has 1 aromatic heterocycles. The van der Waals surface area contributed by atoms with Crippen LogP contribution in [-0.4, -0.2) is 15.0 Å². The first kappa shape index (κ1) is 13.1. The molecule has 4 heteroatoms. The number of nitrogens with zero attached hydrogens (tertiary/aromatic N) is 4. The topological polar surface area (TPSA) is 54.5 Å². The first-order valence-corrected chi connectivity index (χ1v) is 6.72. The number of hydrogen-bond donors (Lipinski definition) is 0. The van der Waals surface area contributed by atoms with Gasteiger partial charge in [0.25, 0.3) is 0 Å². The van der Waals surface area contributed by atoms with Gasteiger partial charge in [0.15, 0.2) is 5.69 Å². The van der Waals surface area contributed by atoms with E-state index in [1.54, 1.807) is 4.68 Å². The van der Waals surface area contributed by atoms with Crippen LogP contribution in [0.1, 0.15) is 16.8 Å². The molecule has 21 heavy (non-hydrogen) atoms. The highest BCUT2D eigenvalue weighted by Gasteiger charge is 2.14. The maximum Gasteiger partial charge on any atom is 0.190 e. The van der Waals surface area contributed by atoms with Crippen LogP contribution in [0.4, 0.5) is 0 Å². The average Bonchev–Trinajstić information content (AvgIpc) is 2.93. The van der Waals surface area contributed by atoms with E-state index in [0.29, 0.717) is 12.2 Å². The largest absolute Gasteiger partial charge is 0.239 e. The van der Waals surface area contributed by atoms with Gasteiger partial charge < -0.3 is 0 Å². The number of rotatable bonds is 3. The molecule has 0 atom stereocenters. The molecule has 0 aliphatic heterocycles. The van der Waals surface area contributed by atoms with Crippen LogP contribution >= 0.6 is 0 Å². The van der Waals surface area contributed by atoms with Crippen LogP contribution in [0.25, 0.3) is 11.3 Å². The summed E-state index contributed by atoms with van der Waals surface area (Å²) in [6.45, 7) is 2.65. The van der Waals surface area contributed by atoms with E-state index >= 15 is 0 Å². The van der Waals surface area contributed by atoms with Gasteiger partial charge in [0.05, 0.1) is 6.54 Å². The van der Waals surface area contributed by atoms with Crippen molar-refractivity contribution >= 4 is 0 Å². The molecule has 0 aliphatic carbocycles. The van der Waals surface area contributed by atoms with Gasteiger partial charge in [-0.15, -0.1) is 5.10 Å². The maximum absolute atomic E-state index is 9.23. The molecule has 3 aromatic rings. The Bertz CT molecular complexity index is 780. The predicted molar refractivity (Wildman–Crippen MR) is 80.5 cm³/mol. The van der Waals surface area contributed by atoms with Crippen molar-refractivity contribution in [3.05, 3.63) is 71.4 Å². The second-order valence-electron chi connectivity index (χ2n) is 4.91. The van der Waals surface area contributed by atoms with E-state index in [9.17, 15) is 5.26 Å². The quantitative estimate of drug-likeness (QED) is 0.737. The van der Waals surface area contributed by atoms with Crippen LogP contribution in [0.3, 0.4) is 0 Å². The van der Waals surface area contributed by atoms with E-state index in [1.165, 1.54) is 5.56 Å². The minimum atomic E-state index is 0.355. The third-order valence-electron chi connectivity index (χ3n) is 3.34. The lowest BCUT2D eigenvalue weighted by Crippen LogP contribution is -2.04. The standard InChI is InChI=1S/C17H14N4/c1-13-7-9-14(10-8-13)12-21-17(16(11-18)19-20-21)15-5-3-2-4-6-15/h2-10H,12H2,1H3. The zero-order valence-electron chi connectivity index (χ0n) is 11.7. The zero-order valence-corrected chi connectivity index (χ0v) is 11.7. The fourth-order valence-corrected chi connectivity index (χ4v) is 2.25. The van der Waals surface area contributed by atoms with Gasteiger partial charge in [0, 0.05) is 5.56 Å². The van der Waals surface area contributed by atoms with Crippen LogP contribution in [0, 0.1) is 18.3 Å². The number of aryl methyl sites for hydroxylation is 1. The SMILES string of the molecule is Cc1ccc(Cn2nnc(C#N)c2-c2ccccc2)cc1. The summed E-state index contributed by atoms with van der Waals surface area (Å²) >= 11 is 0. The molecule has 2 aromatic carbocycles. The lowest BCUT2D eigenvalue weighted by Gasteiger charge is -2.07. The van der Waals surface area contributed by atoms with Crippen LogP contribution in [0.5, 0.6) is 0 Å². The summed E-state index contributed by atoms with van der Waals surface area (Å²) in [5, 5.41) is 17.3. The first-order valence-electron chi connectivity index (χ1n) is 6.72. The van der Waals surface area contributed by atoms with Gasteiger partial charge in [-0.3, -0.25) is 0 Å². The van der Waals surface area contributed by atoms with Crippen LogP contribution in [0.2, 0.25) is 0 Å².